The van der Waals surface area contributed by atoms with E-state index < -0.39 is 0 Å². The number of rotatable bonds is 6. The number of carbonyl (C=O) groups excluding carboxylic acids is 1. The minimum Gasteiger partial charge on any atom is -0.372 e. The van der Waals surface area contributed by atoms with Gasteiger partial charge in [0.2, 0.25) is 0 Å². The highest BCUT2D eigenvalue weighted by atomic mass is 16.1. The van der Waals surface area contributed by atoms with Crippen LogP contribution in [0.5, 0.6) is 0 Å². The van der Waals surface area contributed by atoms with E-state index in [1.165, 1.54) is 0 Å². The molecule has 146 valence electrons. The van der Waals surface area contributed by atoms with Crippen LogP contribution in [0, 0.1) is 18.3 Å². The number of nitriles is 1. The summed E-state index contributed by atoms with van der Waals surface area (Å²) < 4.78 is 0. The molecule has 0 heterocycles. The number of nitrogens with zero attached hydrogens (tertiary/aromatic N) is 2. The number of hydrogen-bond donors (Lipinski definition) is 1. The Labute approximate surface area is 172 Å². The lowest BCUT2D eigenvalue weighted by atomic mass is 10.0. The van der Waals surface area contributed by atoms with Crippen LogP contribution in [0.1, 0.15) is 35.3 Å². The Morgan fingerprint density at radius 1 is 0.966 bits per heavy atom. The molecule has 0 aliphatic carbocycles. The maximum atomic E-state index is 13.1. The second-order valence-electron chi connectivity index (χ2n) is 6.81. The van der Waals surface area contributed by atoms with Crippen molar-refractivity contribution in [3.63, 3.8) is 0 Å². The Kier molecular flexibility index (Phi) is 6.31. The third kappa shape index (κ3) is 4.30. The number of benzene rings is 3. The molecule has 0 saturated heterocycles. The van der Waals surface area contributed by atoms with E-state index in [9.17, 15) is 10.1 Å². The number of anilines is 2. The number of amides is 1. The summed E-state index contributed by atoms with van der Waals surface area (Å²) in [5.41, 5.74) is 5.55. The third-order valence-electron chi connectivity index (χ3n) is 5.15. The van der Waals surface area contributed by atoms with Crippen LogP contribution in [0.4, 0.5) is 11.4 Å². The number of carbonyl (C=O) groups is 1. The van der Waals surface area contributed by atoms with Gasteiger partial charge in [0.15, 0.2) is 0 Å². The molecule has 4 heteroatoms. The minimum atomic E-state index is -0.210. The standard InChI is InChI=1S/C25H25N3O/c1-4-28(5-2)24-13-9-12-22(18(24)3)25(29)27-23-16-20(14-15-21(23)17-26)19-10-7-6-8-11-19/h6-16H,4-5H2,1-3H3,(H,27,29). The average molecular weight is 383 g/mol. The van der Waals surface area contributed by atoms with Crippen LogP contribution in [0.25, 0.3) is 11.1 Å². The first-order valence-corrected chi connectivity index (χ1v) is 9.84. The molecule has 0 spiro atoms. The van der Waals surface area contributed by atoms with E-state index in [1.807, 2.05) is 67.6 Å². The van der Waals surface area contributed by atoms with Gasteiger partial charge in [-0.15, -0.1) is 0 Å². The van der Waals surface area contributed by atoms with Crippen molar-refractivity contribution in [2.75, 3.05) is 23.3 Å². The lowest BCUT2D eigenvalue weighted by molar-refractivity contribution is 0.102. The van der Waals surface area contributed by atoms with Gasteiger partial charge in [0.1, 0.15) is 6.07 Å². The predicted octanol–water partition coefficient (Wildman–Crippen LogP) is 5.63. The van der Waals surface area contributed by atoms with Crippen LogP contribution in [0.2, 0.25) is 0 Å². The summed E-state index contributed by atoms with van der Waals surface area (Å²) in [6, 6.07) is 23.3. The molecule has 0 unspecified atom stereocenters. The van der Waals surface area contributed by atoms with Gasteiger partial charge in [-0.1, -0.05) is 42.5 Å². The van der Waals surface area contributed by atoms with Gasteiger partial charge in [-0.2, -0.15) is 5.26 Å². The molecule has 0 saturated carbocycles. The summed E-state index contributed by atoms with van der Waals surface area (Å²) in [5, 5.41) is 12.4. The highest BCUT2D eigenvalue weighted by Crippen LogP contribution is 2.27. The summed E-state index contributed by atoms with van der Waals surface area (Å²) in [7, 11) is 0. The molecule has 0 aliphatic rings. The molecule has 0 radical (unpaired) electrons. The van der Waals surface area contributed by atoms with Crippen molar-refractivity contribution in [2.45, 2.75) is 20.8 Å². The summed E-state index contributed by atoms with van der Waals surface area (Å²) in [6.07, 6.45) is 0. The average Bonchev–Trinajstić information content (AvgIpc) is 2.76. The Hall–Kier alpha value is -3.58. The van der Waals surface area contributed by atoms with Gasteiger partial charge in [-0.05, 0) is 61.7 Å². The second-order valence-corrected chi connectivity index (χ2v) is 6.81. The van der Waals surface area contributed by atoms with Crippen LogP contribution >= 0.6 is 0 Å². The molecule has 1 amide bonds. The van der Waals surface area contributed by atoms with Crippen molar-refractivity contribution >= 4 is 17.3 Å². The topological polar surface area (TPSA) is 56.1 Å². The van der Waals surface area contributed by atoms with Crippen molar-refractivity contribution in [1.29, 1.82) is 5.26 Å². The molecule has 29 heavy (non-hydrogen) atoms. The van der Waals surface area contributed by atoms with Crippen molar-refractivity contribution in [1.82, 2.24) is 0 Å². The zero-order valence-electron chi connectivity index (χ0n) is 17.1. The first-order chi connectivity index (χ1) is 14.1. The second kappa shape index (κ2) is 9.07. The van der Waals surface area contributed by atoms with Crippen molar-refractivity contribution in [3.8, 4) is 17.2 Å². The fourth-order valence-corrected chi connectivity index (χ4v) is 3.52. The molecule has 4 nitrogen and oxygen atoms in total. The van der Waals surface area contributed by atoms with E-state index in [1.54, 1.807) is 6.07 Å². The quantitative estimate of drug-likeness (QED) is 0.600. The van der Waals surface area contributed by atoms with Gasteiger partial charge in [0.05, 0.1) is 11.3 Å². The van der Waals surface area contributed by atoms with Gasteiger partial charge in [0, 0.05) is 24.3 Å². The molecule has 3 aromatic carbocycles. The molecule has 0 bridgehead atoms. The Balaban J connectivity index is 1.95. The van der Waals surface area contributed by atoms with Crippen LogP contribution in [0.3, 0.4) is 0 Å². The zero-order chi connectivity index (χ0) is 20.8. The first kappa shape index (κ1) is 20.2. The maximum Gasteiger partial charge on any atom is 0.256 e. The largest absolute Gasteiger partial charge is 0.372 e. The van der Waals surface area contributed by atoms with Crippen LogP contribution in [0.15, 0.2) is 66.7 Å². The van der Waals surface area contributed by atoms with Gasteiger partial charge in [-0.3, -0.25) is 4.79 Å². The SMILES string of the molecule is CCN(CC)c1cccc(C(=O)Nc2cc(-c3ccccc3)ccc2C#N)c1C. The van der Waals surface area contributed by atoms with E-state index in [4.69, 9.17) is 0 Å². The fraction of sp³-hybridized carbons (Fsp3) is 0.200. The number of hydrogen-bond acceptors (Lipinski definition) is 3. The van der Waals surface area contributed by atoms with Gasteiger partial charge >= 0.3 is 0 Å². The molecular formula is C25H25N3O. The predicted molar refractivity (Wildman–Crippen MR) is 119 cm³/mol. The highest BCUT2D eigenvalue weighted by Gasteiger charge is 2.16. The molecule has 3 rings (SSSR count). The Morgan fingerprint density at radius 3 is 2.34 bits per heavy atom. The molecule has 0 aromatic heterocycles. The summed E-state index contributed by atoms with van der Waals surface area (Å²) in [4.78, 5) is 15.3. The zero-order valence-corrected chi connectivity index (χ0v) is 17.1. The minimum absolute atomic E-state index is 0.210. The monoisotopic (exact) mass is 383 g/mol. The van der Waals surface area contributed by atoms with Gasteiger partial charge in [-0.25, -0.2) is 0 Å². The highest BCUT2D eigenvalue weighted by molar-refractivity contribution is 6.07. The molecule has 0 atom stereocenters. The Morgan fingerprint density at radius 2 is 1.69 bits per heavy atom. The first-order valence-electron chi connectivity index (χ1n) is 9.84. The van der Waals surface area contributed by atoms with E-state index >= 15 is 0 Å². The third-order valence-corrected chi connectivity index (χ3v) is 5.15. The van der Waals surface area contributed by atoms with Crippen molar-refractivity contribution in [2.24, 2.45) is 0 Å². The summed E-state index contributed by atoms with van der Waals surface area (Å²) >= 11 is 0. The lowest BCUT2D eigenvalue weighted by Gasteiger charge is -2.24. The van der Waals surface area contributed by atoms with E-state index in [2.05, 4.69) is 30.1 Å². The molecular weight excluding hydrogens is 358 g/mol. The summed E-state index contributed by atoms with van der Waals surface area (Å²) in [6.45, 7) is 7.92. The van der Waals surface area contributed by atoms with E-state index in [0.717, 1.165) is 35.5 Å². The van der Waals surface area contributed by atoms with Crippen LogP contribution < -0.4 is 10.2 Å². The smallest absolute Gasteiger partial charge is 0.256 e. The maximum absolute atomic E-state index is 13.1. The van der Waals surface area contributed by atoms with Crippen molar-refractivity contribution < 1.29 is 4.79 Å². The van der Waals surface area contributed by atoms with Crippen LogP contribution in [-0.4, -0.2) is 19.0 Å². The summed E-state index contributed by atoms with van der Waals surface area (Å²) in [5.74, 6) is -0.210. The van der Waals surface area contributed by atoms with Crippen LogP contribution in [-0.2, 0) is 0 Å². The normalized spacial score (nSPS) is 10.3. The van der Waals surface area contributed by atoms with Crippen molar-refractivity contribution in [3.05, 3.63) is 83.4 Å². The van der Waals surface area contributed by atoms with Gasteiger partial charge in [0.25, 0.3) is 5.91 Å². The van der Waals surface area contributed by atoms with E-state index in [-0.39, 0.29) is 5.91 Å². The molecule has 0 aliphatic heterocycles. The number of nitrogens with one attached hydrogen (secondary N) is 1. The van der Waals surface area contributed by atoms with Gasteiger partial charge < -0.3 is 10.2 Å². The Bertz CT molecular complexity index is 1050. The fourth-order valence-electron chi connectivity index (χ4n) is 3.52. The lowest BCUT2D eigenvalue weighted by Crippen LogP contribution is -2.24. The molecule has 0 fully saturated rings. The van der Waals surface area contributed by atoms with E-state index in [0.29, 0.717) is 16.8 Å². The molecule has 1 N–H and O–H groups in total. The molecule has 3 aromatic rings.